The molecule has 0 radical (unpaired) electrons. The van der Waals surface area contributed by atoms with Crippen molar-refractivity contribution in [3.05, 3.63) is 96.3 Å². The molecule has 0 amide bonds. The number of benzene rings is 3. The average molecular weight is 695 g/mol. The maximum Gasteiger partial charge on any atom is 0.346 e. The van der Waals surface area contributed by atoms with Crippen LogP contribution in [-0.2, 0) is 6.42 Å². The second kappa shape index (κ2) is 21.9. The van der Waals surface area contributed by atoms with Crippen molar-refractivity contribution in [1.29, 1.82) is 0 Å². The molecule has 0 N–H and O–H groups in total. The van der Waals surface area contributed by atoms with Crippen molar-refractivity contribution in [2.24, 2.45) is 5.92 Å². The molecule has 4 aromatic rings. The van der Waals surface area contributed by atoms with Gasteiger partial charge in [0, 0.05) is 18.8 Å². The molecule has 0 aliphatic heterocycles. The van der Waals surface area contributed by atoms with Gasteiger partial charge < -0.3 is 14.2 Å². The van der Waals surface area contributed by atoms with Gasteiger partial charge in [0.15, 0.2) is 0 Å². The summed E-state index contributed by atoms with van der Waals surface area (Å²) in [6, 6.07) is 23.6. The maximum atomic E-state index is 12.7. The topological polar surface area (TPSA) is 70.5 Å². The number of thiocarbonyl (C=S) groups is 1. The van der Waals surface area contributed by atoms with Gasteiger partial charge in [0.1, 0.15) is 17.2 Å². The van der Waals surface area contributed by atoms with Crippen molar-refractivity contribution in [2.45, 2.75) is 111 Å². The Hall–Kier alpha value is -4.10. The van der Waals surface area contributed by atoms with Gasteiger partial charge in [-0.25, -0.2) is 14.8 Å². The van der Waals surface area contributed by atoms with E-state index in [1.807, 2.05) is 36.4 Å². The fraction of sp³-hybridized carbons (Fsp3) is 0.442. The summed E-state index contributed by atoms with van der Waals surface area (Å²) >= 11 is 5.63. The minimum absolute atomic E-state index is 0.145. The van der Waals surface area contributed by atoms with Crippen LogP contribution in [0.3, 0.4) is 0 Å². The Morgan fingerprint density at radius 3 is 1.84 bits per heavy atom. The number of ether oxygens (including phenoxy) is 3. The molecule has 0 fully saturated rings. The lowest BCUT2D eigenvalue weighted by Gasteiger charge is -2.10. The molecule has 6 nitrogen and oxygen atoms in total. The highest BCUT2D eigenvalue weighted by molar-refractivity contribution is 7.80. The molecule has 266 valence electrons. The molecule has 4 rings (SSSR count). The van der Waals surface area contributed by atoms with Crippen molar-refractivity contribution in [3.63, 3.8) is 0 Å². The molecule has 0 saturated carbocycles. The van der Waals surface area contributed by atoms with Crippen LogP contribution in [0.15, 0.2) is 85.2 Å². The van der Waals surface area contributed by atoms with Gasteiger partial charge in [0.2, 0.25) is 0 Å². The highest BCUT2D eigenvalue weighted by Gasteiger charge is 2.12. The summed E-state index contributed by atoms with van der Waals surface area (Å²) in [6.45, 7) is 7.46. The zero-order valence-corrected chi connectivity index (χ0v) is 31.0. The van der Waals surface area contributed by atoms with Crippen molar-refractivity contribution in [2.75, 3.05) is 6.61 Å². The van der Waals surface area contributed by atoms with Crippen LogP contribution in [0.25, 0.3) is 11.1 Å². The molecule has 50 heavy (non-hydrogen) atoms. The fourth-order valence-electron chi connectivity index (χ4n) is 5.59. The third-order valence-electron chi connectivity index (χ3n) is 9.03. The SMILES string of the molecule is CCCCCCCCCCCCOc1ccc(OC(=O)c2cnc(Oc3ccc(-c4ccc(CC(=S)CCC(C)CC)cc4)cc3)nc2)cc1. The molecular weight excluding hydrogens is 641 g/mol. The number of carbonyl (C=O) groups is 1. The molecular formula is C43H54N2O4S. The third kappa shape index (κ3) is 14.0. The monoisotopic (exact) mass is 694 g/mol. The van der Waals surface area contributed by atoms with E-state index in [1.54, 1.807) is 12.1 Å². The van der Waals surface area contributed by atoms with E-state index in [9.17, 15) is 4.79 Å². The standard InChI is InChI=1S/C43H54N2O4S/c1-4-6-7-8-9-10-11-12-13-14-29-47-38-24-26-39(27-25-38)48-42(46)37-31-44-43(45-32-37)49-40-22-20-36(21-23-40)35-18-16-34(17-19-35)30-41(50)28-15-33(3)5-2/h16-27,31-33H,4-15,28-30H2,1-3H3. The first kappa shape index (κ1) is 38.7. The summed E-state index contributed by atoms with van der Waals surface area (Å²) in [5.41, 5.74) is 3.67. The van der Waals surface area contributed by atoms with Crippen molar-refractivity contribution in [1.82, 2.24) is 9.97 Å². The number of aromatic nitrogens is 2. The molecule has 0 saturated heterocycles. The number of hydrogen-bond acceptors (Lipinski definition) is 7. The van der Waals surface area contributed by atoms with E-state index >= 15 is 0 Å². The van der Waals surface area contributed by atoms with Gasteiger partial charge in [-0.2, -0.15) is 0 Å². The molecule has 0 aliphatic rings. The predicted molar refractivity (Wildman–Crippen MR) is 208 cm³/mol. The lowest BCUT2D eigenvalue weighted by molar-refractivity contribution is 0.0733. The number of esters is 1. The van der Waals surface area contributed by atoms with Crippen molar-refractivity contribution >= 4 is 23.1 Å². The zero-order valence-electron chi connectivity index (χ0n) is 30.2. The van der Waals surface area contributed by atoms with Gasteiger partial charge >= 0.3 is 12.0 Å². The normalized spacial score (nSPS) is 11.6. The zero-order chi connectivity index (χ0) is 35.4. The quantitative estimate of drug-likeness (QED) is 0.0331. The third-order valence-corrected chi connectivity index (χ3v) is 9.38. The number of nitrogens with zero attached hydrogens (tertiary/aromatic N) is 2. The molecule has 7 heteroatoms. The summed E-state index contributed by atoms with van der Waals surface area (Å²) in [6.07, 6.45) is 20.0. The van der Waals surface area contributed by atoms with Crippen LogP contribution >= 0.6 is 12.2 Å². The van der Waals surface area contributed by atoms with Gasteiger partial charge in [-0.05, 0) is 83.1 Å². The van der Waals surface area contributed by atoms with Crippen LogP contribution in [0.5, 0.6) is 23.3 Å². The van der Waals surface area contributed by atoms with Gasteiger partial charge in [-0.1, -0.05) is 134 Å². The average Bonchev–Trinajstić information content (AvgIpc) is 3.14. The Morgan fingerprint density at radius 2 is 1.24 bits per heavy atom. The molecule has 0 spiro atoms. The number of rotatable bonds is 23. The molecule has 1 aromatic heterocycles. The predicted octanol–water partition coefficient (Wildman–Crippen LogP) is 12.2. The maximum absolute atomic E-state index is 12.7. The molecule has 3 aromatic carbocycles. The Bertz CT molecular complexity index is 1560. The Labute approximate surface area is 305 Å². The van der Waals surface area contributed by atoms with Crippen LogP contribution in [0, 0.1) is 5.92 Å². The van der Waals surface area contributed by atoms with E-state index in [0.29, 0.717) is 18.1 Å². The first-order chi connectivity index (χ1) is 24.4. The summed E-state index contributed by atoms with van der Waals surface area (Å²) in [7, 11) is 0. The van der Waals surface area contributed by atoms with Crippen LogP contribution in [0.1, 0.15) is 120 Å². The summed E-state index contributed by atoms with van der Waals surface area (Å²) in [4.78, 5) is 22.2. The van der Waals surface area contributed by atoms with E-state index in [1.165, 1.54) is 82.2 Å². The van der Waals surface area contributed by atoms with Gasteiger partial charge in [-0.3, -0.25) is 0 Å². The van der Waals surface area contributed by atoms with Gasteiger partial charge in [-0.15, -0.1) is 0 Å². The van der Waals surface area contributed by atoms with Crippen LogP contribution in [0.4, 0.5) is 0 Å². The van der Waals surface area contributed by atoms with E-state index in [0.717, 1.165) is 53.3 Å². The molecule has 1 atom stereocenters. The smallest absolute Gasteiger partial charge is 0.346 e. The second-order valence-electron chi connectivity index (χ2n) is 13.2. The lowest BCUT2D eigenvalue weighted by Crippen LogP contribution is -2.09. The Kier molecular flexibility index (Phi) is 16.9. The highest BCUT2D eigenvalue weighted by Crippen LogP contribution is 2.26. The molecule has 0 bridgehead atoms. The van der Waals surface area contributed by atoms with E-state index in [-0.39, 0.29) is 11.6 Å². The van der Waals surface area contributed by atoms with E-state index < -0.39 is 5.97 Å². The Balaban J connectivity index is 1.15. The lowest BCUT2D eigenvalue weighted by atomic mass is 9.98. The minimum Gasteiger partial charge on any atom is -0.494 e. The largest absolute Gasteiger partial charge is 0.494 e. The first-order valence-electron chi connectivity index (χ1n) is 18.6. The van der Waals surface area contributed by atoms with Gasteiger partial charge in [0.25, 0.3) is 0 Å². The second-order valence-corrected chi connectivity index (χ2v) is 13.8. The molecule has 0 aliphatic carbocycles. The van der Waals surface area contributed by atoms with Crippen molar-refractivity contribution < 1.29 is 19.0 Å². The van der Waals surface area contributed by atoms with Gasteiger partial charge in [0.05, 0.1) is 12.2 Å². The highest BCUT2D eigenvalue weighted by atomic mass is 32.1. The molecule has 1 unspecified atom stereocenters. The summed E-state index contributed by atoms with van der Waals surface area (Å²) < 4.78 is 17.2. The fourth-order valence-corrected chi connectivity index (χ4v) is 5.87. The summed E-state index contributed by atoms with van der Waals surface area (Å²) in [5.74, 6) is 1.97. The first-order valence-corrected chi connectivity index (χ1v) is 19.0. The number of carbonyl (C=O) groups excluding carboxylic acids is 1. The minimum atomic E-state index is -0.543. The number of unbranched alkanes of at least 4 members (excludes halogenated alkanes) is 9. The van der Waals surface area contributed by atoms with Crippen LogP contribution in [-0.4, -0.2) is 27.4 Å². The summed E-state index contributed by atoms with van der Waals surface area (Å²) in [5, 5.41) is 0. The van der Waals surface area contributed by atoms with E-state index in [4.69, 9.17) is 26.4 Å². The van der Waals surface area contributed by atoms with Crippen LogP contribution < -0.4 is 14.2 Å². The number of hydrogen-bond donors (Lipinski definition) is 0. The molecule has 1 heterocycles. The Morgan fingerprint density at radius 1 is 0.700 bits per heavy atom. The van der Waals surface area contributed by atoms with Crippen molar-refractivity contribution in [3.8, 4) is 34.4 Å². The van der Waals surface area contributed by atoms with E-state index in [2.05, 4.69) is 55.0 Å². The van der Waals surface area contributed by atoms with Crippen LogP contribution in [0.2, 0.25) is 0 Å².